The van der Waals surface area contributed by atoms with Crippen molar-refractivity contribution < 1.29 is 18.8 Å². The van der Waals surface area contributed by atoms with Gasteiger partial charge in [-0.15, -0.1) is 0 Å². The van der Waals surface area contributed by atoms with E-state index in [2.05, 4.69) is 10.5 Å². The Bertz CT molecular complexity index is 1200. The lowest BCUT2D eigenvalue weighted by Gasteiger charge is -2.10. The van der Waals surface area contributed by atoms with Gasteiger partial charge in [-0.1, -0.05) is 53.7 Å². The number of aryl methyl sites for hydroxylation is 2. The molecule has 0 aliphatic carbocycles. The van der Waals surface area contributed by atoms with Crippen LogP contribution in [-0.2, 0) is 19.8 Å². The molecule has 0 aliphatic rings. The van der Waals surface area contributed by atoms with Crippen LogP contribution >= 0.6 is 0 Å². The zero-order valence-electron chi connectivity index (χ0n) is 18.7. The smallest absolute Gasteiger partial charge is 0.251 e. The maximum atomic E-state index is 12.7. The Labute approximate surface area is 193 Å². The van der Waals surface area contributed by atoms with E-state index >= 15 is 0 Å². The molecule has 1 N–H and O–H groups in total. The average molecular weight is 443 g/mol. The van der Waals surface area contributed by atoms with Crippen LogP contribution in [0, 0.1) is 13.8 Å². The Kier molecular flexibility index (Phi) is 7.05. The van der Waals surface area contributed by atoms with E-state index in [1.54, 1.807) is 18.2 Å². The molecule has 0 radical (unpaired) electrons. The van der Waals surface area contributed by atoms with Crippen molar-refractivity contribution in [2.75, 3.05) is 0 Å². The van der Waals surface area contributed by atoms with Gasteiger partial charge in [0.1, 0.15) is 30.5 Å². The largest absolute Gasteiger partial charge is 0.489 e. The first-order chi connectivity index (χ1) is 16.1. The van der Waals surface area contributed by atoms with Crippen LogP contribution in [0.4, 0.5) is 0 Å². The summed E-state index contributed by atoms with van der Waals surface area (Å²) >= 11 is 0. The lowest BCUT2D eigenvalue weighted by Crippen LogP contribution is -2.22. The van der Waals surface area contributed by atoms with E-state index in [9.17, 15) is 4.79 Å². The highest BCUT2D eigenvalue weighted by molar-refractivity contribution is 5.94. The number of hydrogen-bond acceptors (Lipinski definition) is 5. The van der Waals surface area contributed by atoms with E-state index in [0.717, 1.165) is 33.9 Å². The molecule has 1 heterocycles. The summed E-state index contributed by atoms with van der Waals surface area (Å²) in [4.78, 5) is 12.7. The fourth-order valence-corrected chi connectivity index (χ4v) is 3.36. The van der Waals surface area contributed by atoms with Gasteiger partial charge < -0.3 is 19.3 Å². The summed E-state index contributed by atoms with van der Waals surface area (Å²) < 4.78 is 16.9. The number of nitrogens with zero attached hydrogens (tertiary/aromatic N) is 1. The van der Waals surface area contributed by atoms with Crippen LogP contribution in [0.2, 0.25) is 0 Å². The normalized spacial score (nSPS) is 10.6. The Morgan fingerprint density at radius 3 is 2.30 bits per heavy atom. The minimum Gasteiger partial charge on any atom is -0.489 e. The van der Waals surface area contributed by atoms with Gasteiger partial charge in [-0.25, -0.2) is 0 Å². The highest BCUT2D eigenvalue weighted by atomic mass is 16.5. The predicted octanol–water partition coefficient (Wildman–Crippen LogP) is 5.38. The molecule has 0 spiro atoms. The third kappa shape index (κ3) is 6.01. The molecule has 0 atom stereocenters. The second-order valence-electron chi connectivity index (χ2n) is 7.72. The van der Waals surface area contributed by atoms with Gasteiger partial charge in [0.05, 0.1) is 11.3 Å². The van der Waals surface area contributed by atoms with E-state index in [0.29, 0.717) is 31.1 Å². The number of amides is 1. The third-order valence-electron chi connectivity index (χ3n) is 5.26. The molecule has 0 aliphatic heterocycles. The average Bonchev–Trinajstić information content (AvgIpc) is 3.18. The number of aromatic nitrogens is 1. The molecule has 6 heteroatoms. The first-order valence-corrected chi connectivity index (χ1v) is 10.8. The van der Waals surface area contributed by atoms with E-state index in [1.807, 2.05) is 74.5 Å². The van der Waals surface area contributed by atoms with Crippen LogP contribution in [0.5, 0.6) is 11.5 Å². The maximum Gasteiger partial charge on any atom is 0.251 e. The standard InChI is InChI=1S/C27H26N2O4/c1-19-26(20(2)33-29-19)18-32-25-13-7-11-23(15-25)27(30)28-16-22-10-6-12-24(14-22)31-17-21-8-4-3-5-9-21/h3-15H,16-18H2,1-2H3,(H,28,30). The summed E-state index contributed by atoms with van der Waals surface area (Å²) in [5, 5.41) is 6.89. The SMILES string of the molecule is Cc1noc(C)c1COc1cccc(C(=O)NCc2cccc(OCc3ccccc3)c2)c1. The predicted molar refractivity (Wildman–Crippen MR) is 125 cm³/mol. The van der Waals surface area contributed by atoms with Gasteiger partial charge in [0.25, 0.3) is 5.91 Å². The summed E-state index contributed by atoms with van der Waals surface area (Å²) in [5.74, 6) is 1.93. The minimum absolute atomic E-state index is 0.173. The number of ether oxygens (including phenoxy) is 2. The Morgan fingerprint density at radius 2 is 1.55 bits per heavy atom. The molecule has 0 unspecified atom stereocenters. The van der Waals surface area contributed by atoms with Crippen LogP contribution in [0.25, 0.3) is 0 Å². The molecule has 3 aromatic carbocycles. The van der Waals surface area contributed by atoms with Crippen LogP contribution in [0.1, 0.15) is 38.5 Å². The Balaban J connectivity index is 1.32. The zero-order valence-corrected chi connectivity index (χ0v) is 18.7. The van der Waals surface area contributed by atoms with Crippen molar-refractivity contribution in [3.63, 3.8) is 0 Å². The van der Waals surface area contributed by atoms with Gasteiger partial charge in [-0.05, 0) is 55.3 Å². The summed E-state index contributed by atoms with van der Waals surface area (Å²) in [7, 11) is 0. The van der Waals surface area contributed by atoms with Gasteiger partial charge in [0, 0.05) is 12.1 Å². The van der Waals surface area contributed by atoms with Crippen molar-refractivity contribution in [1.29, 1.82) is 0 Å². The summed E-state index contributed by atoms with van der Waals surface area (Å²) in [5.41, 5.74) is 4.31. The van der Waals surface area contributed by atoms with Gasteiger partial charge >= 0.3 is 0 Å². The van der Waals surface area contributed by atoms with Crippen molar-refractivity contribution in [3.05, 3.63) is 113 Å². The molecule has 6 nitrogen and oxygen atoms in total. The first kappa shape index (κ1) is 22.1. The van der Waals surface area contributed by atoms with Crippen LogP contribution in [0.3, 0.4) is 0 Å². The molecule has 0 saturated heterocycles. The van der Waals surface area contributed by atoms with Crippen LogP contribution in [-0.4, -0.2) is 11.1 Å². The highest BCUT2D eigenvalue weighted by Crippen LogP contribution is 2.19. The molecule has 33 heavy (non-hydrogen) atoms. The van der Waals surface area contributed by atoms with Crippen molar-refractivity contribution in [2.24, 2.45) is 0 Å². The van der Waals surface area contributed by atoms with Gasteiger partial charge in [-0.3, -0.25) is 4.79 Å². The van der Waals surface area contributed by atoms with E-state index < -0.39 is 0 Å². The highest BCUT2D eigenvalue weighted by Gasteiger charge is 2.11. The van der Waals surface area contributed by atoms with Gasteiger partial charge in [0.15, 0.2) is 0 Å². The number of carbonyl (C=O) groups is 1. The molecule has 1 aromatic heterocycles. The van der Waals surface area contributed by atoms with E-state index in [-0.39, 0.29) is 5.91 Å². The number of rotatable bonds is 9. The Hall–Kier alpha value is -4.06. The molecule has 0 fully saturated rings. The molecular formula is C27H26N2O4. The van der Waals surface area contributed by atoms with Crippen molar-refractivity contribution >= 4 is 5.91 Å². The molecule has 4 aromatic rings. The lowest BCUT2D eigenvalue weighted by molar-refractivity contribution is 0.0950. The molecule has 168 valence electrons. The molecule has 0 saturated carbocycles. The third-order valence-corrected chi connectivity index (χ3v) is 5.26. The number of benzene rings is 3. The number of hydrogen-bond donors (Lipinski definition) is 1. The van der Waals surface area contributed by atoms with Crippen molar-refractivity contribution in [2.45, 2.75) is 33.6 Å². The molecule has 4 rings (SSSR count). The van der Waals surface area contributed by atoms with E-state index in [1.165, 1.54) is 0 Å². The fraction of sp³-hybridized carbons (Fsp3) is 0.185. The molecular weight excluding hydrogens is 416 g/mol. The zero-order chi connectivity index (χ0) is 23.0. The lowest BCUT2D eigenvalue weighted by atomic mass is 10.1. The minimum atomic E-state index is -0.173. The molecule has 0 bridgehead atoms. The van der Waals surface area contributed by atoms with Gasteiger partial charge in [0.2, 0.25) is 0 Å². The van der Waals surface area contributed by atoms with Crippen LogP contribution < -0.4 is 14.8 Å². The monoisotopic (exact) mass is 442 g/mol. The fourth-order valence-electron chi connectivity index (χ4n) is 3.36. The summed E-state index contributed by atoms with van der Waals surface area (Å²) in [6.07, 6.45) is 0. The first-order valence-electron chi connectivity index (χ1n) is 10.8. The number of nitrogens with one attached hydrogen (secondary N) is 1. The Morgan fingerprint density at radius 1 is 0.848 bits per heavy atom. The van der Waals surface area contributed by atoms with Crippen LogP contribution in [0.15, 0.2) is 83.4 Å². The topological polar surface area (TPSA) is 73.6 Å². The second kappa shape index (κ2) is 10.5. The van der Waals surface area contributed by atoms with E-state index in [4.69, 9.17) is 14.0 Å². The summed E-state index contributed by atoms with van der Waals surface area (Å²) in [6, 6.07) is 24.8. The number of carbonyl (C=O) groups excluding carboxylic acids is 1. The maximum absolute atomic E-state index is 12.7. The second-order valence-corrected chi connectivity index (χ2v) is 7.72. The van der Waals surface area contributed by atoms with Gasteiger partial charge in [-0.2, -0.15) is 0 Å². The molecule has 1 amide bonds. The van der Waals surface area contributed by atoms with Crippen molar-refractivity contribution in [1.82, 2.24) is 10.5 Å². The van der Waals surface area contributed by atoms with Crippen molar-refractivity contribution in [3.8, 4) is 11.5 Å². The quantitative estimate of drug-likeness (QED) is 0.377. The summed E-state index contributed by atoms with van der Waals surface area (Å²) in [6.45, 7) is 4.95.